The van der Waals surface area contributed by atoms with Crippen molar-refractivity contribution in [1.82, 2.24) is 4.90 Å². The average molecular weight is 329 g/mol. The van der Waals surface area contributed by atoms with Crippen LogP contribution in [0.2, 0.25) is 0 Å². The summed E-state index contributed by atoms with van der Waals surface area (Å²) in [6.45, 7) is 1.96. The molecule has 1 aromatic carbocycles. The van der Waals surface area contributed by atoms with E-state index in [1.165, 1.54) is 16.7 Å². The molecule has 1 aliphatic carbocycles. The molecule has 24 heavy (non-hydrogen) atoms. The minimum absolute atomic E-state index is 0.336. The first kappa shape index (κ1) is 15.5. The zero-order valence-corrected chi connectivity index (χ0v) is 14.3. The first-order valence-electron chi connectivity index (χ1n) is 8.30. The van der Waals surface area contributed by atoms with Gasteiger partial charge in [-0.1, -0.05) is 0 Å². The standard InChI is InChI=1S/C19H23NO4/c1-22-16-8-12-4-6-20-7-5-13-9-15(21)18(24-3)11-19(13,20)14(12)10-17(16)23-2/h8-11,15,21H,4-7H2,1-3H3/t15-,19-/m0/s1. The van der Waals surface area contributed by atoms with E-state index in [1.807, 2.05) is 6.08 Å². The monoisotopic (exact) mass is 329 g/mol. The molecule has 2 heterocycles. The Labute approximate surface area is 142 Å². The number of benzene rings is 1. The van der Waals surface area contributed by atoms with E-state index in [-0.39, 0.29) is 5.54 Å². The summed E-state index contributed by atoms with van der Waals surface area (Å²) >= 11 is 0. The number of hydrogen-bond acceptors (Lipinski definition) is 5. The first-order chi connectivity index (χ1) is 11.6. The van der Waals surface area contributed by atoms with E-state index in [9.17, 15) is 5.11 Å². The van der Waals surface area contributed by atoms with Crippen LogP contribution >= 0.6 is 0 Å². The molecule has 0 saturated carbocycles. The van der Waals surface area contributed by atoms with Crippen LogP contribution in [0.3, 0.4) is 0 Å². The van der Waals surface area contributed by atoms with Crippen molar-refractivity contribution in [3.8, 4) is 11.5 Å². The number of methoxy groups -OCH3 is 3. The van der Waals surface area contributed by atoms with Crippen molar-refractivity contribution in [2.75, 3.05) is 34.4 Å². The molecule has 4 rings (SSSR count). The highest BCUT2D eigenvalue weighted by Crippen LogP contribution is 2.52. The van der Waals surface area contributed by atoms with Crippen LogP contribution in [0.15, 0.2) is 35.6 Å². The molecular formula is C19H23NO4. The summed E-state index contributed by atoms with van der Waals surface area (Å²) in [6, 6.07) is 4.17. The lowest BCUT2D eigenvalue weighted by Crippen LogP contribution is -2.47. The Morgan fingerprint density at radius 1 is 1.04 bits per heavy atom. The van der Waals surface area contributed by atoms with Crippen LogP contribution in [-0.4, -0.2) is 50.5 Å². The Balaban J connectivity index is 1.96. The molecule has 1 N–H and O–H groups in total. The van der Waals surface area contributed by atoms with Gasteiger partial charge in [0.25, 0.3) is 0 Å². The SMILES string of the molecule is COC1=C[C@@]23C(=C[C@@H]1O)CCN2CCc1cc(OC)c(OC)cc13. The Kier molecular flexibility index (Phi) is 3.58. The highest BCUT2D eigenvalue weighted by molar-refractivity contribution is 5.58. The topological polar surface area (TPSA) is 51.2 Å². The predicted octanol–water partition coefficient (Wildman–Crippen LogP) is 1.99. The van der Waals surface area contributed by atoms with Crippen LogP contribution in [0.4, 0.5) is 0 Å². The Bertz CT molecular complexity index is 739. The number of nitrogens with zero attached hydrogens (tertiary/aromatic N) is 1. The summed E-state index contributed by atoms with van der Waals surface area (Å²) in [7, 11) is 4.94. The van der Waals surface area contributed by atoms with Gasteiger partial charge in [0, 0.05) is 13.1 Å². The van der Waals surface area contributed by atoms with Gasteiger partial charge in [0.05, 0.1) is 26.9 Å². The van der Waals surface area contributed by atoms with Crippen LogP contribution in [-0.2, 0) is 16.7 Å². The van der Waals surface area contributed by atoms with Gasteiger partial charge in [-0.2, -0.15) is 0 Å². The molecule has 0 aromatic heterocycles. The maximum atomic E-state index is 10.3. The van der Waals surface area contributed by atoms with Gasteiger partial charge in [-0.3, -0.25) is 4.90 Å². The van der Waals surface area contributed by atoms with Crippen LogP contribution < -0.4 is 9.47 Å². The van der Waals surface area contributed by atoms with Gasteiger partial charge in [-0.05, 0) is 53.8 Å². The number of ether oxygens (including phenoxy) is 3. The number of aliphatic hydroxyl groups is 1. The normalized spacial score (nSPS) is 28.2. The third kappa shape index (κ3) is 1.95. The predicted molar refractivity (Wildman–Crippen MR) is 90.3 cm³/mol. The molecule has 2 aliphatic heterocycles. The maximum absolute atomic E-state index is 10.3. The molecule has 5 nitrogen and oxygen atoms in total. The van der Waals surface area contributed by atoms with Crippen molar-refractivity contribution in [2.45, 2.75) is 24.5 Å². The molecule has 0 amide bonds. The van der Waals surface area contributed by atoms with Gasteiger partial charge in [-0.15, -0.1) is 0 Å². The zero-order valence-electron chi connectivity index (χ0n) is 14.3. The molecule has 128 valence electrons. The molecule has 2 atom stereocenters. The second kappa shape index (κ2) is 5.53. The van der Waals surface area contributed by atoms with Gasteiger partial charge in [0.15, 0.2) is 11.5 Å². The maximum Gasteiger partial charge on any atom is 0.161 e. The third-order valence-electron chi connectivity index (χ3n) is 5.55. The van der Waals surface area contributed by atoms with Crippen LogP contribution in [0.5, 0.6) is 11.5 Å². The molecule has 5 heteroatoms. The fourth-order valence-electron chi connectivity index (χ4n) is 4.41. The molecule has 1 spiro atoms. The van der Waals surface area contributed by atoms with Crippen molar-refractivity contribution in [1.29, 1.82) is 0 Å². The Hall–Kier alpha value is -1.98. The molecule has 0 radical (unpaired) electrons. The zero-order chi connectivity index (χ0) is 16.9. The minimum Gasteiger partial charge on any atom is -0.498 e. The highest BCUT2D eigenvalue weighted by atomic mass is 16.5. The number of fused-ring (bicyclic) bond motifs is 1. The van der Waals surface area contributed by atoms with Crippen LogP contribution in [0, 0.1) is 0 Å². The van der Waals surface area contributed by atoms with E-state index in [0.717, 1.165) is 37.4 Å². The van der Waals surface area contributed by atoms with E-state index in [4.69, 9.17) is 14.2 Å². The number of aliphatic hydroxyl groups excluding tert-OH is 1. The fraction of sp³-hybridized carbons (Fsp3) is 0.474. The average Bonchev–Trinajstić information content (AvgIpc) is 2.98. The second-order valence-electron chi connectivity index (χ2n) is 6.51. The summed E-state index contributed by atoms with van der Waals surface area (Å²) < 4.78 is 16.5. The van der Waals surface area contributed by atoms with Crippen molar-refractivity contribution < 1.29 is 19.3 Å². The van der Waals surface area contributed by atoms with Crippen molar-refractivity contribution >= 4 is 0 Å². The molecule has 1 fully saturated rings. The Morgan fingerprint density at radius 2 is 1.75 bits per heavy atom. The molecule has 1 aromatic rings. The lowest BCUT2D eigenvalue weighted by Gasteiger charge is -2.45. The smallest absolute Gasteiger partial charge is 0.161 e. The third-order valence-corrected chi connectivity index (χ3v) is 5.55. The summed E-state index contributed by atoms with van der Waals surface area (Å²) in [4.78, 5) is 2.47. The van der Waals surface area contributed by atoms with Crippen LogP contribution in [0.25, 0.3) is 0 Å². The number of hydrogen-bond donors (Lipinski definition) is 1. The Morgan fingerprint density at radius 3 is 2.46 bits per heavy atom. The lowest BCUT2D eigenvalue weighted by atomic mass is 9.74. The van der Waals surface area contributed by atoms with Gasteiger partial charge >= 0.3 is 0 Å². The molecule has 3 aliphatic rings. The van der Waals surface area contributed by atoms with E-state index >= 15 is 0 Å². The van der Waals surface area contributed by atoms with Crippen LogP contribution in [0.1, 0.15) is 17.5 Å². The summed E-state index contributed by atoms with van der Waals surface area (Å²) in [6.07, 6.45) is 5.30. The molecule has 1 saturated heterocycles. The second-order valence-corrected chi connectivity index (χ2v) is 6.51. The molecular weight excluding hydrogens is 306 g/mol. The van der Waals surface area contributed by atoms with Gasteiger partial charge < -0.3 is 19.3 Å². The highest BCUT2D eigenvalue weighted by Gasteiger charge is 2.50. The van der Waals surface area contributed by atoms with E-state index in [0.29, 0.717) is 5.76 Å². The fourth-order valence-corrected chi connectivity index (χ4v) is 4.41. The van der Waals surface area contributed by atoms with Crippen molar-refractivity contribution in [3.63, 3.8) is 0 Å². The first-order valence-corrected chi connectivity index (χ1v) is 8.30. The van der Waals surface area contributed by atoms with Crippen molar-refractivity contribution in [3.05, 3.63) is 46.7 Å². The van der Waals surface area contributed by atoms with Gasteiger partial charge in [0.1, 0.15) is 11.9 Å². The summed E-state index contributed by atoms with van der Waals surface area (Å²) in [5, 5.41) is 10.3. The minimum atomic E-state index is -0.666. The number of rotatable bonds is 3. The van der Waals surface area contributed by atoms with Crippen molar-refractivity contribution in [2.24, 2.45) is 0 Å². The van der Waals surface area contributed by atoms with Gasteiger partial charge in [0.2, 0.25) is 0 Å². The van der Waals surface area contributed by atoms with E-state index in [1.54, 1.807) is 21.3 Å². The molecule has 0 unspecified atom stereocenters. The van der Waals surface area contributed by atoms with E-state index < -0.39 is 6.10 Å². The van der Waals surface area contributed by atoms with E-state index in [2.05, 4.69) is 23.1 Å². The quantitative estimate of drug-likeness (QED) is 0.860. The molecule has 0 bridgehead atoms. The summed E-state index contributed by atoms with van der Waals surface area (Å²) in [5.41, 5.74) is 3.37. The van der Waals surface area contributed by atoms with Gasteiger partial charge in [-0.25, -0.2) is 0 Å². The summed E-state index contributed by atoms with van der Waals surface area (Å²) in [5.74, 6) is 2.10. The largest absolute Gasteiger partial charge is 0.498 e. The lowest BCUT2D eigenvalue weighted by molar-refractivity contribution is 0.132.